The predicted octanol–water partition coefficient (Wildman–Crippen LogP) is 2.28. The van der Waals surface area contributed by atoms with E-state index in [1.807, 2.05) is 29.7 Å². The third-order valence-electron chi connectivity index (χ3n) is 4.33. The van der Waals surface area contributed by atoms with Crippen LogP contribution in [0, 0.1) is 18.3 Å². The summed E-state index contributed by atoms with van der Waals surface area (Å²) in [7, 11) is 0. The zero-order chi connectivity index (χ0) is 19.0. The van der Waals surface area contributed by atoms with Crippen molar-refractivity contribution in [1.82, 2.24) is 24.5 Å². The van der Waals surface area contributed by atoms with Gasteiger partial charge in [-0.1, -0.05) is 6.07 Å². The van der Waals surface area contributed by atoms with Gasteiger partial charge in [0.05, 0.1) is 18.4 Å². The fourth-order valence-corrected chi connectivity index (χ4v) is 2.99. The lowest BCUT2D eigenvalue weighted by atomic mass is 10.1. The molecule has 8 nitrogen and oxygen atoms in total. The molecule has 3 heterocycles. The average molecular weight is 356 g/mol. The highest BCUT2D eigenvalue weighted by atomic mass is 15.1. The van der Waals surface area contributed by atoms with Crippen LogP contribution in [-0.4, -0.2) is 24.5 Å². The van der Waals surface area contributed by atoms with Crippen LogP contribution in [0.3, 0.4) is 0 Å². The Morgan fingerprint density at radius 2 is 2.00 bits per heavy atom. The first kappa shape index (κ1) is 16.5. The highest BCUT2D eigenvalue weighted by Crippen LogP contribution is 2.26. The number of hydrogen-bond acceptors (Lipinski definition) is 7. The summed E-state index contributed by atoms with van der Waals surface area (Å²) in [6, 6.07) is 9.57. The largest absolute Gasteiger partial charge is 0.399 e. The standard InChI is InChI=1S/C19H16N8/c1-11-4-15(21)3-2-13(11)9-27-10-24-17-16(25-19(22)26-18(17)27)14-5-12(6-20)7-23-8-14/h2-5,7-8,10H,9,21H2,1H3,(H2,22,25,26). The molecule has 0 spiro atoms. The Bertz CT molecular complexity index is 1200. The molecule has 0 aliphatic carbocycles. The first-order valence-corrected chi connectivity index (χ1v) is 8.24. The third-order valence-corrected chi connectivity index (χ3v) is 4.33. The molecule has 0 saturated heterocycles. The summed E-state index contributed by atoms with van der Waals surface area (Å²) in [5, 5.41) is 9.11. The van der Waals surface area contributed by atoms with Crippen LogP contribution in [0.1, 0.15) is 16.7 Å². The fourth-order valence-electron chi connectivity index (χ4n) is 2.99. The van der Waals surface area contributed by atoms with Crippen molar-refractivity contribution in [3.8, 4) is 17.3 Å². The first-order valence-electron chi connectivity index (χ1n) is 8.24. The van der Waals surface area contributed by atoms with Gasteiger partial charge in [0.1, 0.15) is 17.3 Å². The van der Waals surface area contributed by atoms with Gasteiger partial charge in [0, 0.05) is 23.6 Å². The molecule has 0 amide bonds. The minimum absolute atomic E-state index is 0.135. The summed E-state index contributed by atoms with van der Waals surface area (Å²) in [5.74, 6) is 0.135. The minimum atomic E-state index is 0.135. The Balaban J connectivity index is 1.84. The molecule has 4 aromatic rings. The van der Waals surface area contributed by atoms with Crippen LogP contribution in [0.5, 0.6) is 0 Å². The fraction of sp³-hybridized carbons (Fsp3) is 0.105. The summed E-state index contributed by atoms with van der Waals surface area (Å²) in [6.07, 6.45) is 4.83. The van der Waals surface area contributed by atoms with E-state index in [-0.39, 0.29) is 5.95 Å². The van der Waals surface area contributed by atoms with E-state index in [4.69, 9.17) is 16.7 Å². The van der Waals surface area contributed by atoms with Crippen molar-refractivity contribution < 1.29 is 0 Å². The van der Waals surface area contributed by atoms with Gasteiger partial charge in [0.2, 0.25) is 5.95 Å². The molecule has 0 atom stereocenters. The number of fused-ring (bicyclic) bond motifs is 1. The SMILES string of the molecule is Cc1cc(N)ccc1Cn1cnc2c(-c3cncc(C#N)c3)nc(N)nc21. The molecular formula is C19H16N8. The van der Waals surface area contributed by atoms with Crippen molar-refractivity contribution in [3.05, 3.63) is 59.7 Å². The van der Waals surface area contributed by atoms with Crippen molar-refractivity contribution in [2.75, 3.05) is 11.5 Å². The highest BCUT2D eigenvalue weighted by Gasteiger charge is 2.15. The molecule has 0 bridgehead atoms. The topological polar surface area (TPSA) is 132 Å². The Morgan fingerprint density at radius 3 is 2.78 bits per heavy atom. The van der Waals surface area contributed by atoms with Crippen molar-refractivity contribution in [1.29, 1.82) is 5.26 Å². The monoisotopic (exact) mass is 356 g/mol. The first-order chi connectivity index (χ1) is 13.0. The maximum atomic E-state index is 9.11. The number of aryl methyl sites for hydroxylation is 1. The summed E-state index contributed by atoms with van der Waals surface area (Å²) in [4.78, 5) is 17.3. The van der Waals surface area contributed by atoms with Gasteiger partial charge in [-0.3, -0.25) is 4.98 Å². The number of anilines is 2. The van der Waals surface area contributed by atoms with Crippen LogP contribution in [0.15, 0.2) is 43.0 Å². The zero-order valence-corrected chi connectivity index (χ0v) is 14.6. The van der Waals surface area contributed by atoms with Gasteiger partial charge in [-0.15, -0.1) is 0 Å². The molecule has 0 fully saturated rings. The minimum Gasteiger partial charge on any atom is -0.399 e. The number of hydrogen-bond donors (Lipinski definition) is 2. The van der Waals surface area contributed by atoms with E-state index in [1.165, 1.54) is 6.20 Å². The lowest BCUT2D eigenvalue weighted by Crippen LogP contribution is -2.04. The van der Waals surface area contributed by atoms with Gasteiger partial charge in [-0.25, -0.2) is 9.97 Å². The van der Waals surface area contributed by atoms with E-state index >= 15 is 0 Å². The van der Waals surface area contributed by atoms with Crippen molar-refractivity contribution in [2.45, 2.75) is 13.5 Å². The van der Waals surface area contributed by atoms with Crippen LogP contribution in [0.4, 0.5) is 11.6 Å². The number of nitrogens with two attached hydrogens (primary N) is 2. The molecule has 0 unspecified atom stereocenters. The second-order valence-corrected chi connectivity index (χ2v) is 6.24. The Kier molecular flexibility index (Phi) is 3.90. The third kappa shape index (κ3) is 3.02. The number of pyridine rings is 1. The molecular weight excluding hydrogens is 340 g/mol. The molecule has 3 aromatic heterocycles. The highest BCUT2D eigenvalue weighted by molar-refractivity contribution is 5.88. The van der Waals surface area contributed by atoms with E-state index in [9.17, 15) is 0 Å². The number of benzene rings is 1. The normalized spacial score (nSPS) is 10.8. The molecule has 8 heteroatoms. The molecule has 0 aliphatic rings. The molecule has 0 aliphatic heterocycles. The second-order valence-electron chi connectivity index (χ2n) is 6.24. The van der Waals surface area contributed by atoms with Crippen LogP contribution < -0.4 is 11.5 Å². The van der Waals surface area contributed by atoms with E-state index in [1.54, 1.807) is 18.6 Å². The second kappa shape index (κ2) is 6.38. The van der Waals surface area contributed by atoms with Gasteiger partial charge < -0.3 is 16.0 Å². The van der Waals surface area contributed by atoms with Crippen LogP contribution in [0.25, 0.3) is 22.4 Å². The van der Waals surface area contributed by atoms with Crippen LogP contribution >= 0.6 is 0 Å². The zero-order valence-electron chi connectivity index (χ0n) is 14.6. The van der Waals surface area contributed by atoms with Gasteiger partial charge in [-0.05, 0) is 36.2 Å². The van der Waals surface area contributed by atoms with E-state index in [0.717, 1.165) is 16.8 Å². The maximum Gasteiger partial charge on any atom is 0.222 e. The smallest absolute Gasteiger partial charge is 0.222 e. The Hall–Kier alpha value is -3.99. The van der Waals surface area contributed by atoms with E-state index < -0.39 is 0 Å². The quantitative estimate of drug-likeness (QED) is 0.538. The molecule has 0 saturated carbocycles. The Labute approximate surface area is 155 Å². The number of imidazole rings is 1. The number of rotatable bonds is 3. The molecule has 27 heavy (non-hydrogen) atoms. The lowest BCUT2D eigenvalue weighted by molar-refractivity contribution is 0.808. The number of nitriles is 1. The summed E-state index contributed by atoms with van der Waals surface area (Å²) >= 11 is 0. The Morgan fingerprint density at radius 1 is 1.15 bits per heavy atom. The molecule has 132 valence electrons. The van der Waals surface area contributed by atoms with E-state index in [0.29, 0.717) is 34.5 Å². The number of aromatic nitrogens is 5. The van der Waals surface area contributed by atoms with Crippen molar-refractivity contribution >= 4 is 22.8 Å². The van der Waals surface area contributed by atoms with Gasteiger partial charge >= 0.3 is 0 Å². The summed E-state index contributed by atoms with van der Waals surface area (Å²) < 4.78 is 1.91. The average Bonchev–Trinajstić information content (AvgIpc) is 3.06. The van der Waals surface area contributed by atoms with Gasteiger partial charge in [-0.2, -0.15) is 10.2 Å². The molecule has 4 N–H and O–H groups in total. The number of nitrogens with zero attached hydrogens (tertiary/aromatic N) is 6. The maximum absolute atomic E-state index is 9.11. The molecule has 0 radical (unpaired) electrons. The number of nitrogen functional groups attached to an aromatic ring is 2. The van der Waals surface area contributed by atoms with Crippen LogP contribution in [0.2, 0.25) is 0 Å². The summed E-state index contributed by atoms with van der Waals surface area (Å²) in [5.41, 5.74) is 17.6. The molecule has 1 aromatic carbocycles. The van der Waals surface area contributed by atoms with Crippen molar-refractivity contribution in [3.63, 3.8) is 0 Å². The van der Waals surface area contributed by atoms with E-state index in [2.05, 4.69) is 26.0 Å². The summed E-state index contributed by atoms with van der Waals surface area (Å²) in [6.45, 7) is 2.59. The lowest BCUT2D eigenvalue weighted by Gasteiger charge is -2.09. The molecule has 4 rings (SSSR count). The van der Waals surface area contributed by atoms with Gasteiger partial charge in [0.15, 0.2) is 5.65 Å². The predicted molar refractivity (Wildman–Crippen MR) is 102 cm³/mol. The van der Waals surface area contributed by atoms with Crippen LogP contribution in [-0.2, 0) is 6.54 Å². The van der Waals surface area contributed by atoms with Gasteiger partial charge in [0.25, 0.3) is 0 Å². The van der Waals surface area contributed by atoms with Crippen molar-refractivity contribution in [2.24, 2.45) is 0 Å².